The van der Waals surface area contributed by atoms with E-state index in [0.717, 1.165) is 12.3 Å². The van der Waals surface area contributed by atoms with Gasteiger partial charge in [0.15, 0.2) is 11.3 Å². The molecule has 2 rings (SSSR count). The second kappa shape index (κ2) is 4.80. The Morgan fingerprint density at radius 3 is 3.00 bits per heavy atom. The highest BCUT2D eigenvalue weighted by molar-refractivity contribution is 6.00. The summed E-state index contributed by atoms with van der Waals surface area (Å²) in [4.78, 5) is 21.9. The van der Waals surface area contributed by atoms with E-state index in [9.17, 15) is 14.9 Å². The lowest BCUT2D eigenvalue weighted by atomic mass is 10.2. The maximum atomic E-state index is 11.7. The number of hydrogen-bond acceptors (Lipinski definition) is 8. The number of anilines is 1. The highest BCUT2D eigenvalue weighted by Crippen LogP contribution is 2.34. The molecule has 0 unspecified atom stereocenters. The lowest BCUT2D eigenvalue weighted by molar-refractivity contribution is -0.384. The zero-order chi connectivity index (χ0) is 14.0. The van der Waals surface area contributed by atoms with E-state index < -0.39 is 10.9 Å². The minimum atomic E-state index is -0.790. The molecule has 0 amide bonds. The van der Waals surface area contributed by atoms with Gasteiger partial charge in [-0.2, -0.15) is 0 Å². The van der Waals surface area contributed by atoms with Crippen LogP contribution in [0.25, 0.3) is 11.5 Å². The number of nitrogens with two attached hydrogens (primary N) is 1. The molecule has 0 saturated carbocycles. The Morgan fingerprint density at radius 2 is 2.37 bits per heavy atom. The Morgan fingerprint density at radius 1 is 1.63 bits per heavy atom. The van der Waals surface area contributed by atoms with E-state index in [2.05, 4.69) is 9.68 Å². The zero-order valence-electron chi connectivity index (χ0n) is 9.78. The van der Waals surface area contributed by atoms with Crippen molar-refractivity contribution in [2.75, 3.05) is 12.3 Å². The van der Waals surface area contributed by atoms with Crippen molar-refractivity contribution in [3.8, 4) is 11.5 Å². The molecule has 0 fully saturated rings. The predicted octanol–water partition coefficient (Wildman–Crippen LogP) is 1.60. The average Bonchev–Trinajstić information content (AvgIpc) is 2.94. The van der Waals surface area contributed by atoms with Crippen LogP contribution in [0.2, 0.25) is 0 Å². The highest BCUT2D eigenvalue weighted by atomic mass is 16.6. The van der Waals surface area contributed by atoms with Crippen LogP contribution in [0, 0.1) is 10.1 Å². The third-order valence-electron chi connectivity index (χ3n) is 2.25. The molecule has 2 heterocycles. The average molecular weight is 267 g/mol. The third kappa shape index (κ3) is 2.12. The zero-order valence-corrected chi connectivity index (χ0v) is 9.78. The van der Waals surface area contributed by atoms with Gasteiger partial charge in [0.1, 0.15) is 0 Å². The Bertz CT molecular complexity index is 629. The molecule has 0 aliphatic heterocycles. The van der Waals surface area contributed by atoms with Gasteiger partial charge < -0.3 is 19.4 Å². The van der Waals surface area contributed by atoms with Gasteiger partial charge in [-0.25, -0.2) is 4.79 Å². The largest absolute Gasteiger partial charge is 0.462 e. The molecule has 0 atom stereocenters. The van der Waals surface area contributed by atoms with Gasteiger partial charge in [-0.3, -0.25) is 10.1 Å². The van der Waals surface area contributed by atoms with Crippen LogP contribution in [0.3, 0.4) is 0 Å². The SMILES string of the molecule is CCOC(=O)c1c(-c2occc2[N+](=O)[O-])noc1N. The fraction of sp³-hybridized carbons (Fsp3) is 0.200. The van der Waals surface area contributed by atoms with Crippen LogP contribution in [0.4, 0.5) is 11.6 Å². The fourth-order valence-electron chi connectivity index (χ4n) is 1.48. The number of ether oxygens (including phenoxy) is 1. The van der Waals surface area contributed by atoms with Crippen LogP contribution in [0.5, 0.6) is 0 Å². The van der Waals surface area contributed by atoms with Gasteiger partial charge in [0.2, 0.25) is 11.6 Å². The van der Waals surface area contributed by atoms with Crippen molar-refractivity contribution in [3.63, 3.8) is 0 Å². The molecule has 2 aromatic rings. The van der Waals surface area contributed by atoms with Crippen molar-refractivity contribution in [3.05, 3.63) is 28.0 Å². The number of aromatic nitrogens is 1. The van der Waals surface area contributed by atoms with Gasteiger partial charge in [-0.05, 0) is 6.92 Å². The number of esters is 1. The van der Waals surface area contributed by atoms with Gasteiger partial charge in [0.05, 0.1) is 23.9 Å². The number of nitrogen functional groups attached to an aromatic ring is 1. The molecule has 0 aliphatic carbocycles. The summed E-state index contributed by atoms with van der Waals surface area (Å²) in [6.45, 7) is 1.72. The lowest BCUT2D eigenvalue weighted by Gasteiger charge is -2.00. The number of carbonyl (C=O) groups excluding carboxylic acids is 1. The van der Waals surface area contributed by atoms with Crippen LogP contribution >= 0.6 is 0 Å². The molecule has 0 saturated heterocycles. The minimum absolute atomic E-state index is 0.114. The van der Waals surface area contributed by atoms with Gasteiger partial charge >= 0.3 is 11.7 Å². The van der Waals surface area contributed by atoms with E-state index >= 15 is 0 Å². The number of rotatable bonds is 4. The number of carbonyl (C=O) groups is 1. The molecule has 19 heavy (non-hydrogen) atoms. The Kier molecular flexibility index (Phi) is 3.19. The molecule has 0 aliphatic rings. The maximum Gasteiger partial charge on any atom is 0.346 e. The van der Waals surface area contributed by atoms with E-state index in [1.54, 1.807) is 6.92 Å². The molecular formula is C10H9N3O6. The van der Waals surface area contributed by atoms with Crippen LogP contribution in [0.15, 0.2) is 21.3 Å². The van der Waals surface area contributed by atoms with Crippen molar-refractivity contribution in [2.45, 2.75) is 6.92 Å². The quantitative estimate of drug-likeness (QED) is 0.501. The first-order valence-corrected chi connectivity index (χ1v) is 5.20. The minimum Gasteiger partial charge on any atom is -0.462 e. The van der Waals surface area contributed by atoms with Gasteiger partial charge in [0.25, 0.3) is 0 Å². The van der Waals surface area contributed by atoms with Gasteiger partial charge in [0, 0.05) is 0 Å². The van der Waals surface area contributed by atoms with Crippen molar-refractivity contribution in [1.29, 1.82) is 0 Å². The second-order valence-electron chi connectivity index (χ2n) is 3.38. The number of nitrogens with zero attached hydrogens (tertiary/aromatic N) is 2. The van der Waals surface area contributed by atoms with E-state index in [0.29, 0.717) is 0 Å². The van der Waals surface area contributed by atoms with E-state index in [-0.39, 0.29) is 35.2 Å². The molecular weight excluding hydrogens is 258 g/mol. The smallest absolute Gasteiger partial charge is 0.346 e. The van der Waals surface area contributed by atoms with Gasteiger partial charge in [-0.1, -0.05) is 5.16 Å². The summed E-state index contributed by atoms with van der Waals surface area (Å²) in [5.74, 6) is -1.30. The third-order valence-corrected chi connectivity index (χ3v) is 2.25. The number of nitro groups is 1. The van der Waals surface area contributed by atoms with Crippen molar-refractivity contribution in [2.24, 2.45) is 0 Å². The summed E-state index contributed by atoms with van der Waals surface area (Å²) in [6.07, 6.45) is 1.10. The van der Waals surface area contributed by atoms with Crippen LogP contribution in [-0.2, 0) is 4.74 Å². The summed E-state index contributed by atoms with van der Waals surface area (Å²) in [7, 11) is 0. The standard InChI is InChI=1S/C10H9N3O6/c1-2-17-10(14)6-7(12-19-9(6)11)8-5(13(15)16)3-4-18-8/h3-4H,2,11H2,1H3. The van der Waals surface area contributed by atoms with Gasteiger partial charge in [-0.15, -0.1) is 0 Å². The van der Waals surface area contributed by atoms with Crippen LogP contribution in [0.1, 0.15) is 17.3 Å². The Labute approximate surface area is 106 Å². The molecule has 0 radical (unpaired) electrons. The molecule has 9 nitrogen and oxygen atoms in total. The lowest BCUT2D eigenvalue weighted by Crippen LogP contribution is -2.07. The van der Waals surface area contributed by atoms with Crippen molar-refractivity contribution >= 4 is 17.5 Å². The predicted molar refractivity (Wildman–Crippen MR) is 61.2 cm³/mol. The monoisotopic (exact) mass is 267 g/mol. The summed E-state index contributed by atoms with van der Waals surface area (Å²) in [5, 5.41) is 14.3. The topological polar surface area (TPSA) is 135 Å². The van der Waals surface area contributed by atoms with E-state index in [1.165, 1.54) is 0 Å². The highest BCUT2D eigenvalue weighted by Gasteiger charge is 2.31. The number of furan rings is 1. The van der Waals surface area contributed by atoms with Crippen LogP contribution in [-0.4, -0.2) is 22.7 Å². The summed E-state index contributed by atoms with van der Waals surface area (Å²) < 4.78 is 14.4. The Balaban J connectivity index is 2.54. The second-order valence-corrected chi connectivity index (χ2v) is 3.38. The molecule has 2 aromatic heterocycles. The summed E-state index contributed by atoms with van der Waals surface area (Å²) in [6, 6.07) is 1.13. The molecule has 0 aromatic carbocycles. The van der Waals surface area contributed by atoms with Crippen molar-refractivity contribution in [1.82, 2.24) is 5.16 Å². The first-order chi connectivity index (χ1) is 9.06. The van der Waals surface area contributed by atoms with Crippen LogP contribution < -0.4 is 5.73 Å². The van der Waals surface area contributed by atoms with E-state index in [1.807, 2.05) is 0 Å². The summed E-state index contributed by atoms with van der Waals surface area (Å²) >= 11 is 0. The van der Waals surface area contributed by atoms with Crippen molar-refractivity contribution < 1.29 is 23.4 Å². The molecule has 9 heteroatoms. The molecule has 0 bridgehead atoms. The summed E-state index contributed by atoms with van der Waals surface area (Å²) in [5.41, 5.74) is 4.76. The number of hydrogen-bond donors (Lipinski definition) is 1. The van der Waals surface area contributed by atoms with E-state index in [4.69, 9.17) is 14.9 Å². The fourth-order valence-corrected chi connectivity index (χ4v) is 1.48. The Hall–Kier alpha value is -2.84. The first-order valence-electron chi connectivity index (χ1n) is 5.20. The molecule has 2 N–H and O–H groups in total. The first kappa shape index (κ1) is 12.6. The molecule has 0 spiro atoms. The maximum absolute atomic E-state index is 11.7. The normalized spacial score (nSPS) is 10.4. The molecule has 100 valence electrons.